The first-order valence-electron chi connectivity index (χ1n) is 9.01. The number of piperazine rings is 1. The minimum absolute atomic E-state index is 0.169. The van der Waals surface area contributed by atoms with E-state index in [4.69, 9.17) is 27.9 Å². The molecule has 2 amide bonds. The average molecular weight is 422 g/mol. The molecule has 0 aromatic heterocycles. The predicted molar refractivity (Wildman–Crippen MR) is 112 cm³/mol. The van der Waals surface area contributed by atoms with Crippen LogP contribution in [0, 0.1) is 0 Å². The number of ether oxygens (including phenoxy) is 1. The van der Waals surface area contributed by atoms with Crippen LogP contribution in [0.5, 0.6) is 0 Å². The van der Waals surface area contributed by atoms with Gasteiger partial charge in [0.05, 0.1) is 22.2 Å². The van der Waals surface area contributed by atoms with Crippen molar-refractivity contribution in [3.63, 3.8) is 0 Å². The molecule has 1 aliphatic rings. The first-order chi connectivity index (χ1) is 13.5. The van der Waals surface area contributed by atoms with Gasteiger partial charge >= 0.3 is 12.0 Å². The number of nitrogens with one attached hydrogen (secondary N) is 1. The van der Waals surface area contributed by atoms with Crippen molar-refractivity contribution in [3.8, 4) is 0 Å². The molecule has 2 aromatic rings. The second-order valence-corrected chi connectivity index (χ2v) is 7.11. The van der Waals surface area contributed by atoms with E-state index in [2.05, 4.69) is 10.2 Å². The first kappa shape index (κ1) is 20.3. The summed E-state index contributed by atoms with van der Waals surface area (Å²) in [5.74, 6) is -0.376. The van der Waals surface area contributed by atoms with Crippen LogP contribution in [-0.4, -0.2) is 49.7 Å². The number of carbonyl (C=O) groups is 2. The highest BCUT2D eigenvalue weighted by atomic mass is 35.5. The lowest BCUT2D eigenvalue weighted by Gasteiger charge is -2.36. The third-order valence-electron chi connectivity index (χ3n) is 4.48. The molecule has 0 spiro atoms. The fourth-order valence-corrected chi connectivity index (χ4v) is 3.25. The molecule has 0 bridgehead atoms. The van der Waals surface area contributed by atoms with Crippen LogP contribution in [0.2, 0.25) is 10.0 Å². The fraction of sp³-hybridized carbons (Fsp3) is 0.300. The van der Waals surface area contributed by atoms with Crippen LogP contribution in [0.25, 0.3) is 0 Å². The Kier molecular flexibility index (Phi) is 6.65. The van der Waals surface area contributed by atoms with Crippen LogP contribution in [0.4, 0.5) is 16.2 Å². The van der Waals surface area contributed by atoms with Gasteiger partial charge in [0.1, 0.15) is 0 Å². The Morgan fingerprint density at radius 1 is 1.00 bits per heavy atom. The number of anilines is 2. The number of hydrogen-bond donors (Lipinski definition) is 1. The van der Waals surface area contributed by atoms with Crippen LogP contribution in [0.3, 0.4) is 0 Å². The number of halogens is 2. The van der Waals surface area contributed by atoms with Gasteiger partial charge in [0.25, 0.3) is 0 Å². The molecular formula is C20H21Cl2N3O3. The highest BCUT2D eigenvalue weighted by Gasteiger charge is 2.22. The minimum atomic E-state index is -0.376. The average Bonchev–Trinajstić information content (AvgIpc) is 2.71. The predicted octanol–water partition coefficient (Wildman–Crippen LogP) is 4.52. The van der Waals surface area contributed by atoms with Crippen molar-refractivity contribution < 1.29 is 14.3 Å². The fourth-order valence-electron chi connectivity index (χ4n) is 2.96. The van der Waals surface area contributed by atoms with Gasteiger partial charge in [-0.1, -0.05) is 23.2 Å². The van der Waals surface area contributed by atoms with Gasteiger partial charge < -0.3 is 19.9 Å². The lowest BCUT2D eigenvalue weighted by Crippen LogP contribution is -2.50. The van der Waals surface area contributed by atoms with E-state index < -0.39 is 0 Å². The van der Waals surface area contributed by atoms with Gasteiger partial charge in [0, 0.05) is 37.6 Å². The third-order valence-corrected chi connectivity index (χ3v) is 5.22. The summed E-state index contributed by atoms with van der Waals surface area (Å²) < 4.78 is 4.95. The quantitative estimate of drug-likeness (QED) is 0.736. The molecule has 148 valence electrons. The zero-order chi connectivity index (χ0) is 20.1. The molecule has 3 rings (SSSR count). The van der Waals surface area contributed by atoms with Crippen LogP contribution in [0.1, 0.15) is 17.3 Å². The third kappa shape index (κ3) is 4.88. The Bertz CT molecular complexity index is 850. The second kappa shape index (κ2) is 9.17. The molecule has 28 heavy (non-hydrogen) atoms. The van der Waals surface area contributed by atoms with Crippen molar-refractivity contribution in [2.45, 2.75) is 6.92 Å². The van der Waals surface area contributed by atoms with Crippen molar-refractivity contribution in [2.75, 3.05) is 43.0 Å². The molecule has 0 aliphatic carbocycles. The van der Waals surface area contributed by atoms with Crippen molar-refractivity contribution in [1.82, 2.24) is 4.90 Å². The largest absolute Gasteiger partial charge is 0.462 e. The van der Waals surface area contributed by atoms with E-state index in [0.29, 0.717) is 54.1 Å². The van der Waals surface area contributed by atoms with E-state index in [1.165, 1.54) is 0 Å². The molecule has 0 saturated carbocycles. The maximum atomic E-state index is 12.5. The van der Waals surface area contributed by atoms with Gasteiger partial charge in [-0.25, -0.2) is 9.59 Å². The van der Waals surface area contributed by atoms with E-state index in [1.54, 1.807) is 42.2 Å². The zero-order valence-corrected chi connectivity index (χ0v) is 17.0. The lowest BCUT2D eigenvalue weighted by molar-refractivity contribution is 0.0526. The number of esters is 1. The van der Waals surface area contributed by atoms with E-state index in [1.807, 2.05) is 12.1 Å². The zero-order valence-electron chi connectivity index (χ0n) is 15.5. The monoisotopic (exact) mass is 421 g/mol. The normalized spacial score (nSPS) is 14.0. The molecule has 8 heteroatoms. The Morgan fingerprint density at radius 2 is 1.68 bits per heavy atom. The number of hydrogen-bond acceptors (Lipinski definition) is 4. The highest BCUT2D eigenvalue weighted by molar-refractivity contribution is 6.42. The van der Waals surface area contributed by atoms with Gasteiger partial charge in [0.2, 0.25) is 0 Å². The molecule has 1 N–H and O–H groups in total. The van der Waals surface area contributed by atoms with E-state index in [9.17, 15) is 9.59 Å². The summed E-state index contributed by atoms with van der Waals surface area (Å²) in [7, 11) is 0. The standard InChI is InChI=1S/C20H21Cl2N3O3/c1-2-28-19(26)14-3-5-15(6-4-14)23-20(27)25-11-9-24(10-12-25)16-7-8-17(21)18(22)13-16/h3-8,13H,2,9-12H2,1H3,(H,23,27). The Morgan fingerprint density at radius 3 is 2.29 bits per heavy atom. The van der Waals surface area contributed by atoms with Gasteiger partial charge in [-0.2, -0.15) is 0 Å². The molecule has 0 radical (unpaired) electrons. The molecular weight excluding hydrogens is 401 g/mol. The van der Waals surface area contributed by atoms with Gasteiger partial charge in [0.15, 0.2) is 0 Å². The topological polar surface area (TPSA) is 61.9 Å². The summed E-state index contributed by atoms with van der Waals surface area (Å²) in [5, 5.41) is 3.90. The molecule has 1 heterocycles. The van der Waals surface area contributed by atoms with Crippen molar-refractivity contribution in [2.24, 2.45) is 0 Å². The molecule has 0 atom stereocenters. The van der Waals surface area contributed by atoms with E-state index in [0.717, 1.165) is 5.69 Å². The van der Waals surface area contributed by atoms with Gasteiger partial charge in [-0.15, -0.1) is 0 Å². The Balaban J connectivity index is 1.53. The lowest BCUT2D eigenvalue weighted by atomic mass is 10.2. The van der Waals surface area contributed by atoms with E-state index >= 15 is 0 Å². The first-order valence-corrected chi connectivity index (χ1v) is 9.76. The molecule has 2 aromatic carbocycles. The SMILES string of the molecule is CCOC(=O)c1ccc(NC(=O)N2CCN(c3ccc(Cl)c(Cl)c3)CC2)cc1. The van der Waals surface area contributed by atoms with Crippen LogP contribution in [0.15, 0.2) is 42.5 Å². The van der Waals surface area contributed by atoms with Crippen LogP contribution < -0.4 is 10.2 Å². The van der Waals surface area contributed by atoms with Crippen LogP contribution >= 0.6 is 23.2 Å². The van der Waals surface area contributed by atoms with E-state index in [-0.39, 0.29) is 12.0 Å². The molecule has 0 unspecified atom stereocenters. The van der Waals surface area contributed by atoms with Gasteiger partial charge in [-0.3, -0.25) is 0 Å². The number of urea groups is 1. The molecule has 1 saturated heterocycles. The molecule has 1 aliphatic heterocycles. The Labute approximate surface area is 174 Å². The summed E-state index contributed by atoms with van der Waals surface area (Å²) in [6.45, 7) is 4.67. The summed E-state index contributed by atoms with van der Waals surface area (Å²) >= 11 is 12.1. The van der Waals surface area contributed by atoms with Crippen molar-refractivity contribution in [3.05, 3.63) is 58.1 Å². The smallest absolute Gasteiger partial charge is 0.338 e. The molecule has 1 fully saturated rings. The maximum absolute atomic E-state index is 12.5. The summed E-state index contributed by atoms with van der Waals surface area (Å²) in [4.78, 5) is 28.1. The number of nitrogens with zero attached hydrogens (tertiary/aromatic N) is 2. The number of benzene rings is 2. The number of amides is 2. The summed E-state index contributed by atoms with van der Waals surface area (Å²) in [5.41, 5.74) is 2.07. The Hall–Kier alpha value is -2.44. The van der Waals surface area contributed by atoms with Crippen molar-refractivity contribution in [1.29, 1.82) is 0 Å². The maximum Gasteiger partial charge on any atom is 0.338 e. The second-order valence-electron chi connectivity index (χ2n) is 6.30. The van der Waals surface area contributed by atoms with Gasteiger partial charge in [-0.05, 0) is 49.4 Å². The summed E-state index contributed by atoms with van der Waals surface area (Å²) in [6.07, 6.45) is 0. The summed E-state index contributed by atoms with van der Waals surface area (Å²) in [6, 6.07) is 12.0. The number of rotatable bonds is 4. The highest BCUT2D eigenvalue weighted by Crippen LogP contribution is 2.27. The van der Waals surface area contributed by atoms with Crippen molar-refractivity contribution >= 4 is 46.6 Å². The minimum Gasteiger partial charge on any atom is -0.462 e. The van der Waals surface area contributed by atoms with Crippen LogP contribution in [-0.2, 0) is 4.74 Å². The number of carbonyl (C=O) groups excluding carboxylic acids is 2. The molecule has 6 nitrogen and oxygen atoms in total.